The molecule has 3 aliphatic rings. The fraction of sp³-hybridized carbons (Fsp3) is 0.667. The summed E-state index contributed by atoms with van der Waals surface area (Å²) in [5.74, 6) is -1.66. The lowest BCUT2D eigenvalue weighted by Gasteiger charge is -2.39. The highest BCUT2D eigenvalue weighted by atomic mass is 32.2. The summed E-state index contributed by atoms with van der Waals surface area (Å²) < 4.78 is 34.6. The van der Waals surface area contributed by atoms with Crippen LogP contribution in [0.4, 0.5) is 0 Å². The third kappa shape index (κ3) is 9.37. The van der Waals surface area contributed by atoms with Crippen molar-refractivity contribution in [2.24, 2.45) is 11.8 Å². The molecule has 2 saturated carbocycles. The van der Waals surface area contributed by atoms with Gasteiger partial charge in [0.25, 0.3) is 0 Å². The molecule has 1 aromatic carbocycles. The van der Waals surface area contributed by atoms with Crippen LogP contribution >= 0.6 is 0 Å². The number of sulfonamides is 1. The highest BCUT2D eigenvalue weighted by molar-refractivity contribution is 7.89. The number of carbonyl (C=O) groups is 2. The van der Waals surface area contributed by atoms with Crippen molar-refractivity contribution < 1.29 is 33.0 Å². The number of aromatic nitrogens is 2. The molecule has 0 spiro atoms. The van der Waals surface area contributed by atoms with Crippen molar-refractivity contribution in [2.75, 3.05) is 32.1 Å². The summed E-state index contributed by atoms with van der Waals surface area (Å²) in [6, 6.07) is 8.64. The van der Waals surface area contributed by atoms with Gasteiger partial charge in [0.1, 0.15) is 11.6 Å². The summed E-state index contributed by atoms with van der Waals surface area (Å²) in [7, 11) is -4.07. The van der Waals surface area contributed by atoms with Crippen molar-refractivity contribution in [1.29, 1.82) is 0 Å². The molecule has 1 saturated heterocycles. The Balaban J connectivity index is 1.46. The number of ether oxygens (including phenoxy) is 1. The molecule has 2 amide bonds. The quantitative estimate of drug-likeness (QED) is 0.181. The average molecular weight is 660 g/mol. The van der Waals surface area contributed by atoms with Gasteiger partial charge in [0.05, 0.1) is 37.4 Å². The van der Waals surface area contributed by atoms with E-state index in [9.17, 15) is 28.2 Å². The van der Waals surface area contributed by atoms with Crippen LogP contribution in [0.2, 0.25) is 0 Å². The SMILES string of the molecule is O=C(CCc1ccccc1)N[C@](Cc1cnc[nH]1)(CS(=O)(=O)N1CCOCC1)C(=O)N[C@@H](CC1CCCCC1)[C@@H](O)[C@@H](O)C1CC1. The number of carbonyl (C=O) groups excluding carboxylic acids is 2. The molecule has 5 N–H and O–H groups in total. The van der Waals surface area contributed by atoms with Crippen LogP contribution < -0.4 is 10.6 Å². The van der Waals surface area contributed by atoms with E-state index in [4.69, 9.17) is 4.74 Å². The number of aryl methyl sites for hydroxylation is 1. The molecule has 2 aliphatic carbocycles. The second kappa shape index (κ2) is 15.8. The number of imidazole rings is 1. The van der Waals surface area contributed by atoms with E-state index in [1.165, 1.54) is 16.8 Å². The van der Waals surface area contributed by atoms with Crippen molar-refractivity contribution in [3.63, 3.8) is 0 Å². The highest BCUT2D eigenvalue weighted by Gasteiger charge is 2.48. The highest BCUT2D eigenvalue weighted by Crippen LogP contribution is 2.36. The fourth-order valence-electron chi connectivity index (χ4n) is 6.83. The van der Waals surface area contributed by atoms with Crippen molar-refractivity contribution >= 4 is 21.8 Å². The number of aliphatic hydroxyl groups is 2. The lowest BCUT2D eigenvalue weighted by molar-refractivity contribution is -0.134. The number of rotatable bonds is 16. The number of benzene rings is 1. The minimum absolute atomic E-state index is 0.0325. The molecule has 46 heavy (non-hydrogen) atoms. The number of hydrogen-bond donors (Lipinski definition) is 5. The van der Waals surface area contributed by atoms with E-state index in [1.807, 2.05) is 30.3 Å². The molecule has 2 heterocycles. The topological polar surface area (TPSA) is 174 Å². The van der Waals surface area contributed by atoms with Gasteiger partial charge in [0.2, 0.25) is 21.8 Å². The molecule has 1 aromatic heterocycles. The maximum atomic E-state index is 14.7. The zero-order chi connectivity index (χ0) is 32.6. The Hall–Kier alpha value is -2.84. The molecule has 12 nitrogen and oxygen atoms in total. The van der Waals surface area contributed by atoms with Gasteiger partial charge in [-0.1, -0.05) is 62.4 Å². The Bertz CT molecular complexity index is 1360. The standard InChI is InChI=1S/C33H49N5O7S/c39-29(14-11-24-7-3-1-4-8-24)37-33(20-27-21-34-23-35-27,22-46(43,44)38-15-17-45-18-16-38)32(42)36-28(19-25-9-5-2-6-10-25)31(41)30(40)26-12-13-26/h1,3-4,7-8,21,23,25-26,28,30-31,40-41H,2,5-6,9-20,22H2,(H,34,35)(H,36,42)(H,37,39)/t28-,30-,31+,33+/m0/s1. The van der Waals surface area contributed by atoms with Gasteiger partial charge in [0, 0.05) is 37.8 Å². The van der Waals surface area contributed by atoms with Gasteiger partial charge in [0.15, 0.2) is 0 Å². The number of aliphatic hydroxyl groups excluding tert-OH is 2. The maximum absolute atomic E-state index is 14.7. The van der Waals surface area contributed by atoms with Crippen LogP contribution in [-0.2, 0) is 37.2 Å². The first-order chi connectivity index (χ1) is 22.1. The smallest absolute Gasteiger partial charge is 0.247 e. The van der Waals surface area contributed by atoms with Crippen LogP contribution in [0.3, 0.4) is 0 Å². The number of amides is 2. The average Bonchev–Trinajstić information content (AvgIpc) is 3.80. The van der Waals surface area contributed by atoms with Crippen LogP contribution in [0.5, 0.6) is 0 Å². The lowest BCUT2D eigenvalue weighted by atomic mass is 9.82. The number of hydrogen-bond acceptors (Lipinski definition) is 8. The molecule has 1 aliphatic heterocycles. The van der Waals surface area contributed by atoms with Crippen molar-refractivity contribution in [1.82, 2.24) is 24.9 Å². The summed E-state index contributed by atoms with van der Waals surface area (Å²) >= 11 is 0. The predicted molar refractivity (Wildman–Crippen MR) is 172 cm³/mol. The number of aromatic amines is 1. The molecule has 254 valence electrons. The first-order valence-electron chi connectivity index (χ1n) is 16.7. The Morgan fingerprint density at radius 3 is 2.43 bits per heavy atom. The van der Waals surface area contributed by atoms with E-state index in [1.54, 1.807) is 0 Å². The van der Waals surface area contributed by atoms with E-state index in [0.29, 0.717) is 18.5 Å². The van der Waals surface area contributed by atoms with Gasteiger partial charge < -0.3 is 30.6 Å². The Labute approximate surface area is 271 Å². The largest absolute Gasteiger partial charge is 0.390 e. The zero-order valence-corrected chi connectivity index (χ0v) is 27.3. The molecule has 0 bridgehead atoms. The van der Waals surface area contributed by atoms with Gasteiger partial charge in [-0.25, -0.2) is 13.4 Å². The minimum atomic E-state index is -4.07. The first-order valence-corrected chi connectivity index (χ1v) is 18.3. The van der Waals surface area contributed by atoms with Gasteiger partial charge in [-0.3, -0.25) is 9.59 Å². The van der Waals surface area contributed by atoms with Crippen molar-refractivity contribution in [3.8, 4) is 0 Å². The predicted octanol–water partition coefficient (Wildman–Crippen LogP) is 1.69. The Morgan fingerprint density at radius 1 is 1.07 bits per heavy atom. The molecule has 13 heteroatoms. The Morgan fingerprint density at radius 2 is 1.78 bits per heavy atom. The third-order valence-electron chi connectivity index (χ3n) is 9.63. The van der Waals surface area contributed by atoms with Crippen LogP contribution in [0.25, 0.3) is 0 Å². The van der Waals surface area contributed by atoms with Crippen LogP contribution in [-0.4, -0.2) is 101 Å². The second-order valence-corrected chi connectivity index (χ2v) is 15.2. The Kier molecular flexibility index (Phi) is 11.9. The number of H-pyrrole nitrogens is 1. The molecular weight excluding hydrogens is 610 g/mol. The van der Waals surface area contributed by atoms with Crippen molar-refractivity contribution in [2.45, 2.75) is 94.4 Å². The molecule has 0 radical (unpaired) electrons. The van der Waals surface area contributed by atoms with Crippen molar-refractivity contribution in [3.05, 3.63) is 54.1 Å². The number of nitrogens with zero attached hydrogens (tertiary/aromatic N) is 2. The molecule has 3 fully saturated rings. The number of morpholine rings is 1. The summed E-state index contributed by atoms with van der Waals surface area (Å²) in [5.41, 5.74) is -0.531. The van der Waals surface area contributed by atoms with E-state index in [0.717, 1.165) is 50.5 Å². The lowest BCUT2D eigenvalue weighted by Crippen LogP contribution is -2.67. The maximum Gasteiger partial charge on any atom is 0.247 e. The molecule has 0 unspecified atom stereocenters. The first kappa shape index (κ1) is 34.5. The summed E-state index contributed by atoms with van der Waals surface area (Å²) in [6.45, 7) is 0.750. The van der Waals surface area contributed by atoms with Crippen LogP contribution in [0.15, 0.2) is 42.9 Å². The van der Waals surface area contributed by atoms with Crippen LogP contribution in [0, 0.1) is 11.8 Å². The van der Waals surface area contributed by atoms with Gasteiger partial charge in [-0.05, 0) is 43.1 Å². The van der Waals surface area contributed by atoms with Gasteiger partial charge >= 0.3 is 0 Å². The van der Waals surface area contributed by atoms with E-state index >= 15 is 0 Å². The third-order valence-corrected chi connectivity index (χ3v) is 11.6. The minimum Gasteiger partial charge on any atom is -0.390 e. The number of nitrogens with one attached hydrogen (secondary N) is 3. The molecule has 2 aromatic rings. The van der Waals surface area contributed by atoms with E-state index in [2.05, 4.69) is 20.6 Å². The van der Waals surface area contributed by atoms with E-state index in [-0.39, 0.29) is 51.0 Å². The van der Waals surface area contributed by atoms with Gasteiger partial charge in [-0.15, -0.1) is 0 Å². The molecule has 5 rings (SSSR count). The van der Waals surface area contributed by atoms with Crippen LogP contribution in [0.1, 0.15) is 69.0 Å². The second-order valence-electron chi connectivity index (χ2n) is 13.3. The molecule has 4 atom stereocenters. The summed E-state index contributed by atoms with van der Waals surface area (Å²) in [6.07, 6.45) is 8.22. The monoisotopic (exact) mass is 659 g/mol. The van der Waals surface area contributed by atoms with E-state index < -0.39 is 51.4 Å². The van der Waals surface area contributed by atoms with Gasteiger partial charge in [-0.2, -0.15) is 4.31 Å². The normalized spacial score (nSPS) is 21.5. The zero-order valence-electron chi connectivity index (χ0n) is 26.5. The summed E-state index contributed by atoms with van der Waals surface area (Å²) in [4.78, 5) is 35.3. The fourth-order valence-corrected chi connectivity index (χ4v) is 8.64. The summed E-state index contributed by atoms with van der Waals surface area (Å²) in [5, 5.41) is 28.2. The molecular formula is C33H49N5O7S.